The van der Waals surface area contributed by atoms with Crippen molar-refractivity contribution in [3.8, 4) is 22.9 Å². The maximum absolute atomic E-state index is 9.22. The molecule has 3 N–H and O–H groups in total. The van der Waals surface area contributed by atoms with E-state index in [1.165, 1.54) is 0 Å². The Hall–Kier alpha value is -4.31. The molecule has 0 bridgehead atoms. The molecule has 0 saturated carbocycles. The number of carbonyl (C=O) groups is 1. The molecule has 7 heteroatoms. The Morgan fingerprint density at radius 2 is 1.78 bits per heavy atom. The highest BCUT2D eigenvalue weighted by atomic mass is 16.5. The Labute approximate surface area is 186 Å². The molecule has 4 rings (SSSR count). The number of nitrogens with two attached hydrogens (primary N) is 1. The first kappa shape index (κ1) is 22.4. The molecule has 1 aliphatic rings. The molecule has 3 aromatic rings. The van der Waals surface area contributed by atoms with Crippen LogP contribution in [0.25, 0.3) is 11.1 Å². The lowest BCUT2D eigenvalue weighted by Crippen LogP contribution is -2.27. The zero-order valence-electron chi connectivity index (χ0n) is 17.8. The van der Waals surface area contributed by atoms with Crippen LogP contribution < -0.4 is 10.5 Å². The third-order valence-electron chi connectivity index (χ3n) is 5.27. The molecule has 0 radical (unpaired) electrons. The van der Waals surface area contributed by atoms with Gasteiger partial charge in [-0.3, -0.25) is 4.79 Å². The molecule has 0 fully saturated rings. The lowest BCUT2D eigenvalue weighted by Gasteiger charge is -2.26. The Balaban J connectivity index is 0.000000913. The van der Waals surface area contributed by atoms with Crippen molar-refractivity contribution in [1.82, 2.24) is 0 Å². The van der Waals surface area contributed by atoms with Gasteiger partial charge in [0.2, 0.25) is 0 Å². The van der Waals surface area contributed by atoms with E-state index >= 15 is 0 Å². The molecule has 1 unspecified atom stereocenters. The number of carboxylic acid groups (broad SMARTS) is 1. The maximum atomic E-state index is 9.22. The zero-order chi connectivity index (χ0) is 23.1. The van der Waals surface area contributed by atoms with Crippen LogP contribution in [-0.4, -0.2) is 31.3 Å². The molecule has 0 saturated heterocycles. The van der Waals surface area contributed by atoms with Crippen molar-refractivity contribution in [2.24, 2.45) is 10.7 Å². The number of hydrogen-bond donors (Lipinski definition) is 2. The van der Waals surface area contributed by atoms with Gasteiger partial charge in [-0.1, -0.05) is 36.4 Å². The van der Waals surface area contributed by atoms with E-state index in [0.717, 1.165) is 33.6 Å². The van der Waals surface area contributed by atoms with Crippen LogP contribution in [0.1, 0.15) is 22.3 Å². The Bertz CT molecular complexity index is 1200. The summed E-state index contributed by atoms with van der Waals surface area (Å²) in [5.74, 6) is 0.821. The van der Waals surface area contributed by atoms with E-state index in [1.54, 1.807) is 13.2 Å². The van der Waals surface area contributed by atoms with E-state index in [0.29, 0.717) is 12.2 Å². The molecule has 32 heavy (non-hydrogen) atoms. The van der Waals surface area contributed by atoms with Crippen LogP contribution >= 0.6 is 0 Å². The van der Waals surface area contributed by atoms with Gasteiger partial charge in [0.15, 0.2) is 5.54 Å². The number of nitrogens with zero attached hydrogens (tertiary/aromatic N) is 2. The van der Waals surface area contributed by atoms with Crippen LogP contribution in [0.15, 0.2) is 71.7 Å². The SMILES string of the molecule is COc1ccc(C2(c3cccc(-c4cccc(C#N)c4)c3)COC(N)=N2)cc1C.O=CO. The Morgan fingerprint density at radius 1 is 1.12 bits per heavy atom. The Kier molecular flexibility index (Phi) is 6.76. The second-order valence-electron chi connectivity index (χ2n) is 7.16. The lowest BCUT2D eigenvalue weighted by atomic mass is 9.82. The molecule has 162 valence electrons. The summed E-state index contributed by atoms with van der Waals surface area (Å²) in [6.45, 7) is 2.08. The van der Waals surface area contributed by atoms with Gasteiger partial charge in [-0.05, 0) is 65.1 Å². The first-order chi connectivity index (χ1) is 15.5. The number of amidine groups is 1. The van der Waals surface area contributed by atoms with Crippen LogP contribution in [0.5, 0.6) is 5.75 Å². The van der Waals surface area contributed by atoms with Gasteiger partial charge >= 0.3 is 0 Å². The van der Waals surface area contributed by atoms with Gasteiger partial charge in [-0.25, -0.2) is 4.99 Å². The molecule has 0 spiro atoms. The van der Waals surface area contributed by atoms with Gasteiger partial charge in [-0.15, -0.1) is 0 Å². The summed E-state index contributed by atoms with van der Waals surface area (Å²) in [7, 11) is 1.66. The van der Waals surface area contributed by atoms with Gasteiger partial charge < -0.3 is 20.3 Å². The van der Waals surface area contributed by atoms with E-state index < -0.39 is 5.54 Å². The van der Waals surface area contributed by atoms with Crippen molar-refractivity contribution in [3.63, 3.8) is 0 Å². The van der Waals surface area contributed by atoms with Crippen molar-refractivity contribution in [3.05, 3.63) is 89.0 Å². The van der Waals surface area contributed by atoms with Gasteiger partial charge in [0.25, 0.3) is 12.5 Å². The molecular formula is C25H23N3O4. The fourth-order valence-electron chi connectivity index (χ4n) is 3.75. The quantitative estimate of drug-likeness (QED) is 0.609. The number of methoxy groups -OCH3 is 1. The van der Waals surface area contributed by atoms with E-state index in [2.05, 4.69) is 18.2 Å². The van der Waals surface area contributed by atoms with Crippen molar-refractivity contribution >= 4 is 12.5 Å². The number of aryl methyl sites for hydroxylation is 1. The molecule has 1 atom stereocenters. The first-order valence-electron chi connectivity index (χ1n) is 9.79. The molecule has 0 aromatic heterocycles. The van der Waals surface area contributed by atoms with Gasteiger partial charge in [0.05, 0.1) is 18.7 Å². The standard InChI is InChI=1S/C24H21N3O2.CH2O2/c1-16-11-21(9-10-22(16)28-2)24(15-29-23(26)27-24)20-8-4-7-19(13-20)18-6-3-5-17(12-18)14-25;2-1-3/h3-13H,15H2,1-2H3,(H2,26,27);1H,(H,2,3). The van der Waals surface area contributed by atoms with Crippen LogP contribution in [0.4, 0.5) is 0 Å². The highest BCUT2D eigenvalue weighted by molar-refractivity contribution is 5.76. The smallest absolute Gasteiger partial charge is 0.290 e. The van der Waals surface area contributed by atoms with Crippen LogP contribution in [-0.2, 0) is 15.1 Å². The second-order valence-corrected chi connectivity index (χ2v) is 7.16. The van der Waals surface area contributed by atoms with Crippen molar-refractivity contribution < 1.29 is 19.4 Å². The summed E-state index contributed by atoms with van der Waals surface area (Å²) >= 11 is 0. The van der Waals surface area contributed by atoms with E-state index in [1.807, 2.05) is 55.5 Å². The minimum Gasteiger partial charge on any atom is -0.496 e. The second kappa shape index (κ2) is 9.67. The number of ether oxygens (including phenoxy) is 2. The summed E-state index contributed by atoms with van der Waals surface area (Å²) in [5.41, 5.74) is 10.8. The zero-order valence-corrected chi connectivity index (χ0v) is 17.8. The molecule has 0 aliphatic carbocycles. The summed E-state index contributed by atoms with van der Waals surface area (Å²) in [6, 6.07) is 24.1. The van der Waals surface area contributed by atoms with Crippen molar-refractivity contribution in [1.29, 1.82) is 5.26 Å². The summed E-state index contributed by atoms with van der Waals surface area (Å²) in [5, 5.41) is 16.1. The number of benzene rings is 3. The van der Waals surface area contributed by atoms with Gasteiger partial charge in [0.1, 0.15) is 12.4 Å². The normalized spacial score (nSPS) is 16.6. The average Bonchev–Trinajstić information content (AvgIpc) is 3.22. The highest BCUT2D eigenvalue weighted by Gasteiger charge is 2.40. The molecule has 7 nitrogen and oxygen atoms in total. The molecule has 1 aliphatic heterocycles. The largest absolute Gasteiger partial charge is 0.496 e. The Morgan fingerprint density at radius 3 is 2.38 bits per heavy atom. The van der Waals surface area contributed by atoms with E-state index in [9.17, 15) is 5.26 Å². The monoisotopic (exact) mass is 429 g/mol. The fraction of sp³-hybridized carbons (Fsp3) is 0.160. The fourth-order valence-corrected chi connectivity index (χ4v) is 3.75. The number of aliphatic imine (C=N–C) groups is 1. The third-order valence-corrected chi connectivity index (χ3v) is 5.27. The molecule has 1 heterocycles. The molecular weight excluding hydrogens is 406 g/mol. The summed E-state index contributed by atoms with van der Waals surface area (Å²) < 4.78 is 11.0. The van der Waals surface area contributed by atoms with Gasteiger partial charge in [0, 0.05) is 0 Å². The number of nitriles is 1. The molecule has 3 aromatic carbocycles. The number of rotatable bonds is 4. The van der Waals surface area contributed by atoms with Crippen LogP contribution in [0, 0.1) is 18.3 Å². The summed E-state index contributed by atoms with van der Waals surface area (Å²) in [4.78, 5) is 13.1. The predicted octanol–water partition coefficient (Wildman–Crippen LogP) is 3.83. The van der Waals surface area contributed by atoms with Gasteiger partial charge in [-0.2, -0.15) is 5.26 Å². The minimum atomic E-state index is -0.732. The highest BCUT2D eigenvalue weighted by Crippen LogP contribution is 2.40. The van der Waals surface area contributed by atoms with E-state index in [-0.39, 0.29) is 12.5 Å². The van der Waals surface area contributed by atoms with Crippen LogP contribution in [0.2, 0.25) is 0 Å². The predicted molar refractivity (Wildman–Crippen MR) is 121 cm³/mol. The first-order valence-corrected chi connectivity index (χ1v) is 9.79. The number of hydrogen-bond acceptors (Lipinski definition) is 6. The van der Waals surface area contributed by atoms with Crippen molar-refractivity contribution in [2.45, 2.75) is 12.5 Å². The lowest BCUT2D eigenvalue weighted by molar-refractivity contribution is -0.122. The third kappa shape index (κ3) is 4.40. The maximum Gasteiger partial charge on any atom is 0.290 e. The minimum absolute atomic E-state index is 0.176. The van der Waals surface area contributed by atoms with Crippen molar-refractivity contribution in [2.75, 3.05) is 13.7 Å². The van der Waals surface area contributed by atoms with Crippen LogP contribution in [0.3, 0.4) is 0 Å². The average molecular weight is 429 g/mol. The summed E-state index contributed by atoms with van der Waals surface area (Å²) in [6.07, 6.45) is 0. The van der Waals surface area contributed by atoms with E-state index in [4.69, 9.17) is 30.1 Å². The topological polar surface area (TPSA) is 118 Å². The molecule has 0 amide bonds.